The molecule has 0 aliphatic rings. The van der Waals surface area contributed by atoms with Crippen molar-refractivity contribution < 1.29 is 4.79 Å². The van der Waals surface area contributed by atoms with Gasteiger partial charge in [-0.3, -0.25) is 10.1 Å². The molecule has 0 aliphatic heterocycles. The van der Waals surface area contributed by atoms with Crippen LogP contribution in [0.2, 0.25) is 5.15 Å². The number of rotatable bonds is 5. The summed E-state index contributed by atoms with van der Waals surface area (Å²) in [5.41, 5.74) is 6.11. The lowest BCUT2D eigenvalue weighted by Gasteiger charge is -2.10. The molecule has 0 fully saturated rings. The highest BCUT2D eigenvalue weighted by molar-refractivity contribution is 6.29. The van der Waals surface area contributed by atoms with Crippen LogP contribution in [0.5, 0.6) is 0 Å². The van der Waals surface area contributed by atoms with Gasteiger partial charge in [0.05, 0.1) is 0 Å². The number of hydrogen-bond donors (Lipinski definition) is 2. The van der Waals surface area contributed by atoms with Crippen molar-refractivity contribution in [3.05, 3.63) is 16.9 Å². The van der Waals surface area contributed by atoms with Crippen molar-refractivity contribution in [3.8, 4) is 0 Å². The molecule has 17 heavy (non-hydrogen) atoms. The molecule has 1 rings (SSSR count). The summed E-state index contributed by atoms with van der Waals surface area (Å²) in [6, 6.07) is 1.63. The largest absolute Gasteiger partial charge is 0.330 e. The van der Waals surface area contributed by atoms with E-state index in [1.165, 1.54) is 0 Å². The van der Waals surface area contributed by atoms with Gasteiger partial charge in [-0.1, -0.05) is 18.5 Å². The first-order valence-corrected chi connectivity index (χ1v) is 5.93. The van der Waals surface area contributed by atoms with E-state index in [2.05, 4.69) is 15.3 Å². The molecule has 0 spiro atoms. The zero-order valence-corrected chi connectivity index (χ0v) is 10.8. The summed E-state index contributed by atoms with van der Waals surface area (Å²) in [5.74, 6) is 0.0288. The number of carbonyl (C=O) groups excluding carboxylic acids is 1. The first-order chi connectivity index (χ1) is 8.02. The lowest BCUT2D eigenvalue weighted by atomic mass is 10.1. The van der Waals surface area contributed by atoms with Crippen LogP contribution in [0.3, 0.4) is 0 Å². The number of aromatic nitrogens is 2. The van der Waals surface area contributed by atoms with E-state index in [0.29, 0.717) is 11.7 Å². The van der Waals surface area contributed by atoms with Gasteiger partial charge in [-0.25, -0.2) is 9.97 Å². The number of anilines is 1. The molecule has 0 aliphatic carbocycles. The molecule has 1 aromatic heterocycles. The third kappa shape index (κ3) is 4.66. The lowest BCUT2D eigenvalue weighted by molar-refractivity contribution is -0.119. The zero-order chi connectivity index (χ0) is 12.8. The maximum Gasteiger partial charge on any atom is 0.231 e. The van der Waals surface area contributed by atoms with Crippen molar-refractivity contribution >= 4 is 23.5 Å². The normalized spacial score (nSPS) is 12.2. The highest BCUT2D eigenvalue weighted by Crippen LogP contribution is 2.12. The number of nitrogens with one attached hydrogen (secondary N) is 1. The van der Waals surface area contributed by atoms with Crippen LogP contribution in [0.15, 0.2) is 6.07 Å². The maximum absolute atomic E-state index is 11.8. The molecule has 1 amide bonds. The van der Waals surface area contributed by atoms with Crippen LogP contribution in [0.25, 0.3) is 0 Å². The molecule has 0 bridgehead atoms. The minimum absolute atomic E-state index is 0.110. The van der Waals surface area contributed by atoms with Gasteiger partial charge in [-0.2, -0.15) is 0 Å². The van der Waals surface area contributed by atoms with Crippen LogP contribution < -0.4 is 11.1 Å². The first kappa shape index (κ1) is 13.9. The molecular formula is C11H17ClN4O. The SMILES string of the molecule is Cc1cc(Cl)nc(NC(=O)C(C)CCCN)n1. The summed E-state index contributed by atoms with van der Waals surface area (Å²) in [7, 11) is 0. The van der Waals surface area contributed by atoms with Gasteiger partial charge in [0.2, 0.25) is 11.9 Å². The van der Waals surface area contributed by atoms with Crippen LogP contribution >= 0.6 is 11.6 Å². The molecule has 1 aromatic rings. The van der Waals surface area contributed by atoms with Gasteiger partial charge in [-0.15, -0.1) is 0 Å². The molecule has 5 nitrogen and oxygen atoms in total. The molecule has 0 saturated heterocycles. The molecule has 0 aromatic carbocycles. The van der Waals surface area contributed by atoms with E-state index in [1.807, 2.05) is 6.92 Å². The molecule has 1 unspecified atom stereocenters. The average molecular weight is 257 g/mol. The Morgan fingerprint density at radius 2 is 2.29 bits per heavy atom. The van der Waals surface area contributed by atoms with E-state index >= 15 is 0 Å². The summed E-state index contributed by atoms with van der Waals surface area (Å²) in [6.45, 7) is 4.23. The topological polar surface area (TPSA) is 80.9 Å². The van der Waals surface area contributed by atoms with Gasteiger partial charge < -0.3 is 5.73 Å². The van der Waals surface area contributed by atoms with Crippen LogP contribution in [0, 0.1) is 12.8 Å². The Hall–Kier alpha value is -1.20. The van der Waals surface area contributed by atoms with Crippen LogP contribution in [0.1, 0.15) is 25.5 Å². The Bertz CT molecular complexity index is 377. The lowest BCUT2D eigenvalue weighted by Crippen LogP contribution is -2.22. The smallest absolute Gasteiger partial charge is 0.231 e. The Labute approximate surface area is 106 Å². The summed E-state index contributed by atoms with van der Waals surface area (Å²) >= 11 is 5.78. The fourth-order valence-corrected chi connectivity index (χ4v) is 1.61. The number of nitrogens with two attached hydrogens (primary N) is 1. The standard InChI is InChI=1S/C11H17ClN4O/c1-7(4-3-5-13)10(17)16-11-14-8(2)6-9(12)15-11/h6-7H,3-5,13H2,1-2H3,(H,14,15,16,17). The number of carbonyl (C=O) groups is 1. The zero-order valence-electron chi connectivity index (χ0n) is 10.0. The molecular weight excluding hydrogens is 240 g/mol. The molecule has 94 valence electrons. The van der Waals surface area contributed by atoms with Gasteiger partial charge in [0.1, 0.15) is 5.15 Å². The van der Waals surface area contributed by atoms with Crippen LogP contribution in [-0.2, 0) is 4.79 Å². The van der Waals surface area contributed by atoms with Crippen molar-refractivity contribution in [2.45, 2.75) is 26.7 Å². The second kappa shape index (κ2) is 6.51. The van der Waals surface area contributed by atoms with Crippen molar-refractivity contribution in [1.82, 2.24) is 9.97 Å². The molecule has 1 atom stereocenters. The average Bonchev–Trinajstić information content (AvgIpc) is 2.24. The molecule has 6 heteroatoms. The highest BCUT2D eigenvalue weighted by atomic mass is 35.5. The van der Waals surface area contributed by atoms with E-state index in [0.717, 1.165) is 18.5 Å². The van der Waals surface area contributed by atoms with Gasteiger partial charge in [0, 0.05) is 11.6 Å². The van der Waals surface area contributed by atoms with Crippen LogP contribution in [-0.4, -0.2) is 22.4 Å². The van der Waals surface area contributed by atoms with Crippen molar-refractivity contribution in [2.75, 3.05) is 11.9 Å². The van der Waals surface area contributed by atoms with E-state index in [9.17, 15) is 4.79 Å². The van der Waals surface area contributed by atoms with E-state index in [4.69, 9.17) is 17.3 Å². The van der Waals surface area contributed by atoms with Gasteiger partial charge in [0.25, 0.3) is 0 Å². The van der Waals surface area contributed by atoms with Crippen molar-refractivity contribution in [2.24, 2.45) is 11.7 Å². The third-order valence-corrected chi connectivity index (χ3v) is 2.54. The number of amides is 1. The summed E-state index contributed by atoms with van der Waals surface area (Å²) in [5, 5.41) is 2.97. The second-order valence-electron chi connectivity index (χ2n) is 3.98. The van der Waals surface area contributed by atoms with Gasteiger partial charge >= 0.3 is 0 Å². The summed E-state index contributed by atoms with van der Waals surface area (Å²) in [6.07, 6.45) is 1.58. The Kier molecular flexibility index (Phi) is 5.31. The fourth-order valence-electron chi connectivity index (χ4n) is 1.37. The predicted molar refractivity (Wildman–Crippen MR) is 67.9 cm³/mol. The van der Waals surface area contributed by atoms with Crippen LogP contribution in [0.4, 0.5) is 5.95 Å². The van der Waals surface area contributed by atoms with Crippen molar-refractivity contribution in [3.63, 3.8) is 0 Å². The van der Waals surface area contributed by atoms with E-state index in [-0.39, 0.29) is 17.8 Å². The quantitative estimate of drug-likeness (QED) is 0.787. The molecule has 0 radical (unpaired) electrons. The first-order valence-electron chi connectivity index (χ1n) is 5.55. The third-order valence-electron chi connectivity index (χ3n) is 2.35. The number of aryl methyl sites for hydroxylation is 1. The van der Waals surface area contributed by atoms with E-state index in [1.54, 1.807) is 13.0 Å². The summed E-state index contributed by atoms with van der Waals surface area (Å²) < 4.78 is 0. The minimum atomic E-state index is -0.111. The Morgan fingerprint density at radius 1 is 1.59 bits per heavy atom. The van der Waals surface area contributed by atoms with Crippen molar-refractivity contribution in [1.29, 1.82) is 0 Å². The van der Waals surface area contributed by atoms with Gasteiger partial charge in [-0.05, 0) is 32.4 Å². The Morgan fingerprint density at radius 3 is 2.88 bits per heavy atom. The number of hydrogen-bond acceptors (Lipinski definition) is 4. The molecule has 3 N–H and O–H groups in total. The second-order valence-corrected chi connectivity index (χ2v) is 4.36. The number of nitrogens with zero attached hydrogens (tertiary/aromatic N) is 2. The van der Waals surface area contributed by atoms with Gasteiger partial charge in [0.15, 0.2) is 0 Å². The minimum Gasteiger partial charge on any atom is -0.330 e. The molecule has 1 heterocycles. The maximum atomic E-state index is 11.8. The molecule has 0 saturated carbocycles. The summed E-state index contributed by atoms with van der Waals surface area (Å²) in [4.78, 5) is 19.8. The fraction of sp³-hybridized carbons (Fsp3) is 0.545. The Balaban J connectivity index is 2.61. The number of halogens is 1. The predicted octanol–water partition coefficient (Wildman–Crippen LogP) is 1.75. The van der Waals surface area contributed by atoms with E-state index < -0.39 is 0 Å². The highest BCUT2D eigenvalue weighted by Gasteiger charge is 2.13. The monoisotopic (exact) mass is 256 g/mol.